The van der Waals surface area contributed by atoms with Crippen LogP contribution in [0.5, 0.6) is 0 Å². The van der Waals surface area contributed by atoms with E-state index in [9.17, 15) is 19.3 Å². The van der Waals surface area contributed by atoms with Gasteiger partial charge in [-0.15, -0.1) is 0 Å². The van der Waals surface area contributed by atoms with Crippen LogP contribution in [0.3, 0.4) is 0 Å². The Bertz CT molecular complexity index is 442. The Hall–Kier alpha value is -2.24. The molecule has 0 spiro atoms. The zero-order chi connectivity index (χ0) is 11.4. The maximum Gasteiger partial charge on any atom is 0.328 e. The van der Waals surface area contributed by atoms with Crippen LogP contribution in [0.25, 0.3) is 6.08 Å². The first-order valence-electron chi connectivity index (χ1n) is 3.85. The van der Waals surface area contributed by atoms with Crippen LogP contribution in [0.2, 0.25) is 0 Å². The first-order chi connectivity index (χ1) is 7.00. The van der Waals surface area contributed by atoms with E-state index in [2.05, 4.69) is 0 Å². The van der Waals surface area contributed by atoms with E-state index in [1.165, 1.54) is 0 Å². The Balaban J connectivity index is 3.11. The summed E-state index contributed by atoms with van der Waals surface area (Å²) < 4.78 is 13.0. The van der Waals surface area contributed by atoms with Crippen molar-refractivity contribution in [1.29, 1.82) is 0 Å². The molecule has 0 unspecified atom stereocenters. The molecular formula is C9H6FNO4. The molecule has 0 fully saturated rings. The van der Waals surface area contributed by atoms with Crippen molar-refractivity contribution >= 4 is 17.7 Å². The van der Waals surface area contributed by atoms with E-state index in [-0.39, 0.29) is 11.3 Å². The molecule has 0 atom stereocenters. The number of hydrogen-bond acceptors (Lipinski definition) is 3. The van der Waals surface area contributed by atoms with Gasteiger partial charge in [0.25, 0.3) is 5.69 Å². The molecule has 0 saturated heterocycles. The van der Waals surface area contributed by atoms with E-state index < -0.39 is 16.7 Å². The van der Waals surface area contributed by atoms with E-state index in [1.54, 1.807) is 0 Å². The lowest BCUT2D eigenvalue weighted by Gasteiger charge is -1.96. The number of rotatable bonds is 3. The van der Waals surface area contributed by atoms with Gasteiger partial charge in [0, 0.05) is 23.8 Å². The van der Waals surface area contributed by atoms with Crippen LogP contribution in [-0.2, 0) is 4.79 Å². The molecule has 0 saturated carbocycles. The number of hydrogen-bond donors (Lipinski definition) is 1. The summed E-state index contributed by atoms with van der Waals surface area (Å²) >= 11 is 0. The van der Waals surface area contributed by atoms with Gasteiger partial charge >= 0.3 is 5.97 Å². The van der Waals surface area contributed by atoms with Crippen molar-refractivity contribution in [3.63, 3.8) is 0 Å². The molecular weight excluding hydrogens is 205 g/mol. The maximum absolute atomic E-state index is 13.0. The van der Waals surface area contributed by atoms with Crippen LogP contribution in [0, 0.1) is 15.9 Å². The highest BCUT2D eigenvalue weighted by molar-refractivity contribution is 5.85. The van der Waals surface area contributed by atoms with Gasteiger partial charge in [-0.25, -0.2) is 9.18 Å². The molecule has 1 rings (SSSR count). The minimum absolute atomic E-state index is 0.133. The van der Waals surface area contributed by atoms with Gasteiger partial charge in [0.1, 0.15) is 5.82 Å². The molecule has 0 bridgehead atoms. The minimum atomic E-state index is -1.25. The molecule has 5 nitrogen and oxygen atoms in total. The van der Waals surface area contributed by atoms with Gasteiger partial charge in [0.2, 0.25) is 0 Å². The second kappa shape index (κ2) is 4.32. The largest absolute Gasteiger partial charge is 0.478 e. The fourth-order valence-corrected chi connectivity index (χ4v) is 0.933. The highest BCUT2D eigenvalue weighted by Crippen LogP contribution is 2.17. The van der Waals surface area contributed by atoms with Crippen molar-refractivity contribution in [2.24, 2.45) is 0 Å². The van der Waals surface area contributed by atoms with E-state index in [4.69, 9.17) is 5.11 Å². The zero-order valence-corrected chi connectivity index (χ0v) is 7.38. The van der Waals surface area contributed by atoms with Gasteiger partial charge in [-0.05, 0) is 12.1 Å². The number of non-ortho nitro benzene ring substituents is 1. The van der Waals surface area contributed by atoms with Crippen molar-refractivity contribution in [1.82, 2.24) is 0 Å². The van der Waals surface area contributed by atoms with Crippen LogP contribution < -0.4 is 0 Å². The molecule has 0 heterocycles. The predicted molar refractivity (Wildman–Crippen MR) is 49.7 cm³/mol. The number of halogens is 1. The van der Waals surface area contributed by atoms with E-state index in [0.29, 0.717) is 6.08 Å². The smallest absolute Gasteiger partial charge is 0.328 e. The Morgan fingerprint density at radius 2 is 2.20 bits per heavy atom. The predicted octanol–water partition coefficient (Wildman–Crippen LogP) is 1.83. The molecule has 0 aliphatic rings. The zero-order valence-electron chi connectivity index (χ0n) is 7.38. The van der Waals surface area contributed by atoms with Crippen LogP contribution in [0.1, 0.15) is 5.56 Å². The van der Waals surface area contributed by atoms with Gasteiger partial charge in [-0.1, -0.05) is 0 Å². The SMILES string of the molecule is O=C(O)C=Cc1cc([N+](=O)[O-])ccc1F. The molecule has 0 aliphatic carbocycles. The second-order valence-corrected chi connectivity index (χ2v) is 2.63. The molecule has 0 radical (unpaired) electrons. The summed E-state index contributed by atoms with van der Waals surface area (Å²) in [6.45, 7) is 0. The topological polar surface area (TPSA) is 80.4 Å². The first kappa shape index (κ1) is 10.8. The van der Waals surface area contributed by atoms with Gasteiger partial charge in [-0.2, -0.15) is 0 Å². The highest BCUT2D eigenvalue weighted by Gasteiger charge is 2.08. The molecule has 1 aromatic carbocycles. The van der Waals surface area contributed by atoms with Gasteiger partial charge in [0.05, 0.1) is 4.92 Å². The number of nitro benzene ring substituents is 1. The number of nitro groups is 1. The second-order valence-electron chi connectivity index (χ2n) is 2.63. The molecule has 1 N–H and O–H groups in total. The van der Waals surface area contributed by atoms with E-state index >= 15 is 0 Å². The maximum atomic E-state index is 13.0. The molecule has 6 heteroatoms. The van der Waals surface area contributed by atoms with Crippen molar-refractivity contribution < 1.29 is 19.2 Å². The third kappa shape index (κ3) is 2.87. The summed E-state index contributed by atoms with van der Waals surface area (Å²) in [6.07, 6.45) is 1.67. The monoisotopic (exact) mass is 211 g/mol. The van der Waals surface area contributed by atoms with Gasteiger partial charge in [-0.3, -0.25) is 10.1 Å². The lowest BCUT2D eigenvalue weighted by atomic mass is 10.2. The van der Waals surface area contributed by atoms with Crippen molar-refractivity contribution in [3.8, 4) is 0 Å². The standard InChI is InChI=1S/C9H6FNO4/c10-8-3-2-7(11(14)15)5-6(8)1-4-9(12)13/h1-5H,(H,12,13). The molecule has 0 aromatic heterocycles. The van der Waals surface area contributed by atoms with Crippen molar-refractivity contribution in [3.05, 3.63) is 45.8 Å². The summed E-state index contributed by atoms with van der Waals surface area (Å²) in [4.78, 5) is 19.8. The van der Waals surface area contributed by atoms with E-state index in [0.717, 1.165) is 24.3 Å². The Labute approximate surface area is 83.6 Å². The van der Waals surface area contributed by atoms with Crippen molar-refractivity contribution in [2.45, 2.75) is 0 Å². The molecule has 1 aromatic rings. The van der Waals surface area contributed by atoms with Crippen molar-refractivity contribution in [2.75, 3.05) is 0 Å². The molecule has 0 amide bonds. The van der Waals surface area contributed by atoms with Crippen LogP contribution in [0.15, 0.2) is 24.3 Å². The molecule has 0 aliphatic heterocycles. The Morgan fingerprint density at radius 1 is 1.53 bits per heavy atom. The normalized spacial score (nSPS) is 10.5. The number of benzene rings is 1. The van der Waals surface area contributed by atoms with Crippen LogP contribution >= 0.6 is 0 Å². The fraction of sp³-hybridized carbons (Fsp3) is 0. The van der Waals surface area contributed by atoms with Gasteiger partial charge < -0.3 is 5.11 Å². The number of carboxylic acids is 1. The average Bonchev–Trinajstić information content (AvgIpc) is 2.16. The van der Waals surface area contributed by atoms with Crippen LogP contribution in [0.4, 0.5) is 10.1 Å². The number of aliphatic carboxylic acids is 1. The summed E-state index contributed by atoms with van der Waals surface area (Å²) in [5, 5.41) is 18.6. The number of carboxylic acid groups (broad SMARTS) is 1. The van der Waals surface area contributed by atoms with Crippen LogP contribution in [-0.4, -0.2) is 16.0 Å². The van der Waals surface area contributed by atoms with Gasteiger partial charge in [0.15, 0.2) is 0 Å². The highest BCUT2D eigenvalue weighted by atomic mass is 19.1. The Morgan fingerprint density at radius 3 is 2.73 bits per heavy atom. The summed E-state index contributed by atoms with van der Waals surface area (Å²) in [5.74, 6) is -1.96. The summed E-state index contributed by atoms with van der Waals surface area (Å²) in [7, 11) is 0. The number of nitrogens with zero attached hydrogens (tertiary/aromatic N) is 1. The third-order valence-corrected chi connectivity index (χ3v) is 1.60. The fourth-order valence-electron chi connectivity index (χ4n) is 0.933. The summed E-state index contributed by atoms with van der Waals surface area (Å²) in [6, 6.07) is 2.89. The molecule has 78 valence electrons. The average molecular weight is 211 g/mol. The summed E-state index contributed by atoms with van der Waals surface area (Å²) in [5.41, 5.74) is -0.423. The lowest BCUT2D eigenvalue weighted by molar-refractivity contribution is -0.384. The lowest BCUT2D eigenvalue weighted by Crippen LogP contribution is -1.91. The first-order valence-corrected chi connectivity index (χ1v) is 3.85. The third-order valence-electron chi connectivity index (χ3n) is 1.60. The Kier molecular flexibility index (Phi) is 3.12. The molecule has 15 heavy (non-hydrogen) atoms. The quantitative estimate of drug-likeness (QED) is 0.469. The minimum Gasteiger partial charge on any atom is -0.478 e. The number of carbonyl (C=O) groups is 1. The van der Waals surface area contributed by atoms with E-state index in [1.807, 2.05) is 0 Å².